The van der Waals surface area contributed by atoms with Crippen LogP contribution in [0.15, 0.2) is 6.20 Å². The molecule has 0 atom stereocenters. The number of halogens is 1. The zero-order chi connectivity index (χ0) is 13.7. The number of likely N-dealkylation sites (N-methyl/N-ethyl adjacent to an activating group) is 2. The largest absolute Gasteiger partial charge is 0.347 e. The van der Waals surface area contributed by atoms with Crippen LogP contribution in [-0.4, -0.2) is 48.0 Å². The van der Waals surface area contributed by atoms with Crippen LogP contribution in [0.5, 0.6) is 0 Å². The molecule has 7 nitrogen and oxygen atoms in total. The van der Waals surface area contributed by atoms with E-state index < -0.39 is 0 Å². The lowest BCUT2D eigenvalue weighted by molar-refractivity contribution is -0.127. The minimum atomic E-state index is -0.0335. The van der Waals surface area contributed by atoms with Gasteiger partial charge >= 0.3 is 0 Å². The van der Waals surface area contributed by atoms with E-state index in [2.05, 4.69) is 15.4 Å². The minimum absolute atomic E-state index is 0.0335. The van der Waals surface area contributed by atoms with Crippen LogP contribution >= 0.6 is 11.6 Å². The minimum Gasteiger partial charge on any atom is -0.347 e. The summed E-state index contributed by atoms with van der Waals surface area (Å²) in [5, 5.41) is 0.377. The molecule has 1 aromatic rings. The molecule has 0 spiro atoms. The summed E-state index contributed by atoms with van der Waals surface area (Å²) in [5.74, 6) is 5.95. The van der Waals surface area contributed by atoms with Crippen molar-refractivity contribution in [2.75, 3.05) is 37.5 Å². The first kappa shape index (κ1) is 14.5. The van der Waals surface area contributed by atoms with Crippen molar-refractivity contribution in [3.63, 3.8) is 0 Å². The molecule has 3 N–H and O–H groups in total. The summed E-state index contributed by atoms with van der Waals surface area (Å²) in [4.78, 5) is 23.0. The van der Waals surface area contributed by atoms with Gasteiger partial charge in [-0.05, 0) is 6.92 Å². The maximum absolute atomic E-state index is 11.7. The predicted molar refractivity (Wildman–Crippen MR) is 71.4 cm³/mol. The summed E-state index contributed by atoms with van der Waals surface area (Å²) >= 11 is 6.03. The molecule has 8 heteroatoms. The number of hydrazine groups is 1. The van der Waals surface area contributed by atoms with Crippen LogP contribution in [0.1, 0.15) is 6.92 Å². The highest BCUT2D eigenvalue weighted by molar-refractivity contribution is 6.32. The Kier molecular flexibility index (Phi) is 5.11. The smallest absolute Gasteiger partial charge is 0.241 e. The van der Waals surface area contributed by atoms with Gasteiger partial charge in [-0.15, -0.1) is 0 Å². The van der Waals surface area contributed by atoms with Gasteiger partial charge in [0.05, 0.1) is 12.7 Å². The summed E-state index contributed by atoms with van der Waals surface area (Å²) in [7, 11) is 3.40. The van der Waals surface area contributed by atoms with Crippen molar-refractivity contribution < 1.29 is 4.79 Å². The Hall–Kier alpha value is -1.60. The monoisotopic (exact) mass is 272 g/mol. The second kappa shape index (κ2) is 6.36. The van der Waals surface area contributed by atoms with E-state index in [0.29, 0.717) is 17.4 Å². The average Bonchev–Trinajstić information content (AvgIpc) is 2.36. The first-order valence-corrected chi connectivity index (χ1v) is 5.81. The topological polar surface area (TPSA) is 87.4 Å². The molecule has 1 aromatic heterocycles. The Morgan fingerprint density at radius 1 is 1.56 bits per heavy atom. The average molecular weight is 273 g/mol. The lowest BCUT2D eigenvalue weighted by Gasteiger charge is -2.24. The molecule has 0 fully saturated rings. The van der Waals surface area contributed by atoms with Crippen molar-refractivity contribution in [3.8, 4) is 0 Å². The molecule has 0 aromatic carbocycles. The summed E-state index contributed by atoms with van der Waals surface area (Å²) < 4.78 is 0. The molecule has 0 unspecified atom stereocenters. The SMILES string of the molecule is CCN(CC(=O)N(C)C)c1nc(NN)ncc1Cl. The highest BCUT2D eigenvalue weighted by Gasteiger charge is 2.16. The fraction of sp³-hybridized carbons (Fsp3) is 0.500. The lowest BCUT2D eigenvalue weighted by Crippen LogP contribution is -2.37. The van der Waals surface area contributed by atoms with Gasteiger partial charge < -0.3 is 9.80 Å². The van der Waals surface area contributed by atoms with E-state index in [4.69, 9.17) is 17.4 Å². The van der Waals surface area contributed by atoms with Gasteiger partial charge in [-0.2, -0.15) is 4.98 Å². The molecule has 1 amide bonds. The van der Waals surface area contributed by atoms with Crippen LogP contribution in [-0.2, 0) is 4.79 Å². The summed E-state index contributed by atoms with van der Waals surface area (Å²) in [6, 6.07) is 0. The quantitative estimate of drug-likeness (QED) is 0.593. The van der Waals surface area contributed by atoms with Crippen LogP contribution in [0.2, 0.25) is 5.02 Å². The van der Waals surface area contributed by atoms with E-state index >= 15 is 0 Å². The van der Waals surface area contributed by atoms with Gasteiger partial charge in [0.2, 0.25) is 11.9 Å². The number of nitrogens with two attached hydrogens (primary N) is 1. The Morgan fingerprint density at radius 3 is 2.72 bits per heavy atom. The summed E-state index contributed by atoms with van der Waals surface area (Å²) in [6.45, 7) is 2.71. The number of nitrogens with one attached hydrogen (secondary N) is 1. The molecule has 0 aliphatic carbocycles. The van der Waals surface area contributed by atoms with E-state index in [1.165, 1.54) is 11.1 Å². The van der Waals surface area contributed by atoms with Crippen LogP contribution in [0.3, 0.4) is 0 Å². The number of amides is 1. The summed E-state index contributed by atoms with van der Waals surface area (Å²) in [5.41, 5.74) is 2.35. The number of hydrogen-bond acceptors (Lipinski definition) is 6. The Morgan fingerprint density at radius 2 is 2.22 bits per heavy atom. The highest BCUT2D eigenvalue weighted by atomic mass is 35.5. The first-order chi connectivity index (χ1) is 8.49. The molecule has 18 heavy (non-hydrogen) atoms. The van der Waals surface area contributed by atoms with E-state index in [-0.39, 0.29) is 18.4 Å². The number of aromatic nitrogens is 2. The van der Waals surface area contributed by atoms with Crippen molar-refractivity contribution in [3.05, 3.63) is 11.2 Å². The Labute approximate surface area is 111 Å². The molecular formula is C10H17ClN6O. The third kappa shape index (κ3) is 3.44. The van der Waals surface area contributed by atoms with Gasteiger partial charge in [-0.1, -0.05) is 11.6 Å². The highest BCUT2D eigenvalue weighted by Crippen LogP contribution is 2.23. The summed E-state index contributed by atoms with van der Waals surface area (Å²) in [6.07, 6.45) is 1.45. The molecule has 0 bridgehead atoms. The molecule has 0 aliphatic heterocycles. The van der Waals surface area contributed by atoms with Gasteiger partial charge in [0.25, 0.3) is 0 Å². The van der Waals surface area contributed by atoms with Gasteiger partial charge in [0.15, 0.2) is 5.82 Å². The Bertz CT molecular complexity index is 425. The van der Waals surface area contributed by atoms with Crippen molar-refractivity contribution in [2.24, 2.45) is 5.84 Å². The molecular weight excluding hydrogens is 256 g/mol. The third-order valence-electron chi connectivity index (χ3n) is 2.36. The fourth-order valence-electron chi connectivity index (χ4n) is 1.29. The Balaban J connectivity index is 2.97. The van der Waals surface area contributed by atoms with Gasteiger partial charge in [0.1, 0.15) is 5.02 Å². The standard InChI is InChI=1S/C10H17ClN6O/c1-4-17(6-8(18)16(2)3)9-7(11)5-13-10(14-9)15-12/h5H,4,6,12H2,1-3H3,(H,13,14,15). The number of hydrogen-bond donors (Lipinski definition) is 2. The maximum Gasteiger partial charge on any atom is 0.241 e. The lowest BCUT2D eigenvalue weighted by atomic mass is 10.4. The molecule has 0 saturated carbocycles. The van der Waals surface area contributed by atoms with Gasteiger partial charge in [-0.25, -0.2) is 10.8 Å². The number of carbonyl (C=O) groups is 1. The number of carbonyl (C=O) groups excluding carboxylic acids is 1. The molecule has 0 saturated heterocycles. The molecule has 1 heterocycles. The number of anilines is 2. The van der Waals surface area contributed by atoms with Crippen molar-refractivity contribution in [1.29, 1.82) is 0 Å². The van der Waals surface area contributed by atoms with Crippen LogP contribution in [0.4, 0.5) is 11.8 Å². The number of rotatable bonds is 5. The first-order valence-electron chi connectivity index (χ1n) is 5.43. The normalized spacial score (nSPS) is 10.1. The molecule has 0 radical (unpaired) electrons. The molecule has 1 rings (SSSR count). The third-order valence-corrected chi connectivity index (χ3v) is 2.63. The zero-order valence-electron chi connectivity index (χ0n) is 10.6. The van der Waals surface area contributed by atoms with Crippen LogP contribution in [0.25, 0.3) is 0 Å². The van der Waals surface area contributed by atoms with Crippen LogP contribution < -0.4 is 16.2 Å². The van der Waals surface area contributed by atoms with Crippen molar-refractivity contribution >= 4 is 29.3 Å². The van der Waals surface area contributed by atoms with Crippen molar-refractivity contribution in [1.82, 2.24) is 14.9 Å². The van der Waals surface area contributed by atoms with Gasteiger partial charge in [-0.3, -0.25) is 10.2 Å². The predicted octanol–water partition coefficient (Wildman–Crippen LogP) is 0.330. The number of nitrogen functional groups attached to an aromatic ring is 1. The number of nitrogens with zero attached hydrogens (tertiary/aromatic N) is 4. The van der Waals surface area contributed by atoms with Crippen LogP contribution in [0, 0.1) is 0 Å². The fourth-order valence-corrected chi connectivity index (χ4v) is 1.50. The van der Waals surface area contributed by atoms with E-state index in [1.54, 1.807) is 19.0 Å². The second-order valence-electron chi connectivity index (χ2n) is 3.81. The van der Waals surface area contributed by atoms with Gasteiger partial charge in [0, 0.05) is 20.6 Å². The molecule has 0 aliphatic rings. The molecule has 100 valence electrons. The zero-order valence-corrected chi connectivity index (χ0v) is 11.4. The second-order valence-corrected chi connectivity index (χ2v) is 4.22. The maximum atomic E-state index is 11.7. The van der Waals surface area contributed by atoms with E-state index in [1.807, 2.05) is 6.92 Å². The van der Waals surface area contributed by atoms with E-state index in [0.717, 1.165) is 0 Å². The van der Waals surface area contributed by atoms with E-state index in [9.17, 15) is 4.79 Å². The van der Waals surface area contributed by atoms with Crippen molar-refractivity contribution in [2.45, 2.75) is 6.92 Å².